The zero-order valence-corrected chi connectivity index (χ0v) is 79.6. The molecule has 0 spiro atoms. The van der Waals surface area contributed by atoms with Crippen LogP contribution in [0.5, 0.6) is 0 Å². The summed E-state index contributed by atoms with van der Waals surface area (Å²) >= 11 is 18.0. The second-order valence-electron chi connectivity index (χ2n) is 37.3. The molecule has 0 aliphatic heterocycles. The summed E-state index contributed by atoms with van der Waals surface area (Å²) in [6.45, 7) is 77.1. The van der Waals surface area contributed by atoms with Crippen molar-refractivity contribution < 1.29 is 36.9 Å². The molecule has 0 aliphatic carbocycles. The van der Waals surface area contributed by atoms with Crippen molar-refractivity contribution >= 4 is 91.7 Å². The molecule has 4 amide bonds. The van der Waals surface area contributed by atoms with Crippen molar-refractivity contribution in [2.75, 3.05) is 0 Å². The van der Waals surface area contributed by atoms with E-state index in [0.717, 1.165) is 72.9 Å². The normalized spacial score (nSPS) is 16.2. The fourth-order valence-corrected chi connectivity index (χ4v) is 14.2. The van der Waals surface area contributed by atoms with Crippen LogP contribution in [0.15, 0.2) is 125 Å². The van der Waals surface area contributed by atoms with E-state index in [2.05, 4.69) is 236 Å². The number of amides is 4. The topological polar surface area (TPSA) is 153 Å². The molecule has 606 valence electrons. The molecule has 0 aliphatic rings. The molecule has 0 fully saturated rings. The summed E-state index contributed by atoms with van der Waals surface area (Å²) in [5, 5.41) is 14.6. The van der Waals surface area contributed by atoms with Crippen LogP contribution in [0, 0.1) is 40.4 Å². The number of hydrogen-bond acceptors (Lipinski definition) is 8. The fourth-order valence-electron chi connectivity index (χ4n) is 8.43. The van der Waals surface area contributed by atoms with Gasteiger partial charge in [0.25, 0.3) is 0 Å². The zero-order chi connectivity index (χ0) is 82.6. The van der Waals surface area contributed by atoms with Crippen LogP contribution >= 0.6 is 34.8 Å². The monoisotopic (exact) mass is 1590 g/mol. The Labute approximate surface area is 664 Å². The van der Waals surface area contributed by atoms with E-state index in [1.54, 1.807) is 24.8 Å². The van der Waals surface area contributed by atoms with E-state index in [1.165, 1.54) is 5.56 Å². The highest BCUT2D eigenvalue weighted by Crippen LogP contribution is 2.42. The van der Waals surface area contributed by atoms with Crippen molar-refractivity contribution in [1.29, 1.82) is 0 Å². The second-order valence-corrected chi connectivity index (χ2v) is 58.1. The maximum absolute atomic E-state index is 12.4. The van der Waals surface area contributed by atoms with Gasteiger partial charge in [-0.2, -0.15) is 0 Å². The van der Waals surface area contributed by atoms with Gasteiger partial charge < -0.3 is 39.0 Å². The first kappa shape index (κ1) is 106. The predicted molar refractivity (Wildman–Crippen MR) is 469 cm³/mol. The van der Waals surface area contributed by atoms with Crippen LogP contribution in [0.1, 0.15) is 251 Å². The van der Waals surface area contributed by atoms with Gasteiger partial charge in [-0.15, -0.1) is 0 Å². The van der Waals surface area contributed by atoms with Crippen LogP contribution in [-0.2, 0) is 43.3 Å². The molecule has 0 unspecified atom stereocenters. The Bertz CT molecular complexity index is 2920. The quantitative estimate of drug-likeness (QED) is 0.0387. The minimum atomic E-state index is -1.88. The molecule has 1 rings (SSSR count). The van der Waals surface area contributed by atoms with E-state index in [4.69, 9.17) is 52.5 Å². The van der Waals surface area contributed by atoms with E-state index < -0.39 is 33.3 Å². The van der Waals surface area contributed by atoms with Crippen molar-refractivity contribution in [2.45, 2.75) is 349 Å². The van der Waals surface area contributed by atoms with E-state index in [-0.39, 0.29) is 103 Å². The number of halogens is 3. The summed E-state index contributed by atoms with van der Waals surface area (Å²) in [6, 6.07) is 10.1. The van der Waals surface area contributed by atoms with Gasteiger partial charge in [-0.25, -0.2) is 0 Å². The van der Waals surface area contributed by atoms with Crippen LogP contribution in [-0.4, -0.2) is 81.3 Å². The number of allylic oxidation sites excluding steroid dienone is 4. The van der Waals surface area contributed by atoms with E-state index >= 15 is 0 Å². The molecule has 0 saturated carbocycles. The lowest BCUT2D eigenvalue weighted by Gasteiger charge is -2.39. The first-order chi connectivity index (χ1) is 47.5. The number of benzene rings is 1. The molecular formula is C86H157Cl3N4O8Si4. The second kappa shape index (κ2) is 49.1. The molecule has 12 nitrogen and oxygen atoms in total. The Hall–Kier alpha value is -3.40. The van der Waals surface area contributed by atoms with Gasteiger partial charge in [-0.05, 0) is 205 Å². The van der Waals surface area contributed by atoms with E-state index in [9.17, 15) is 19.2 Å². The highest BCUT2D eigenvalue weighted by Gasteiger charge is 2.42. The van der Waals surface area contributed by atoms with Gasteiger partial charge in [0.05, 0.1) is 24.4 Å². The molecule has 0 bridgehead atoms. The summed E-state index contributed by atoms with van der Waals surface area (Å²) in [4.78, 5) is 48.7. The molecule has 105 heavy (non-hydrogen) atoms. The standard InChI is InChI=1S/C24H38ClNO2Si.C21H40ClNO2Si.C21H41NO2Si.C20H38ClNO2Si/c1-19(18-21-12-9-8-10-13-21)23(27)26-17-11-14-22(16-15-20(2)25)28-29(6,7)24(3,4)5;1-16(22)13-14-18(25-26(9,10)21(6,7)8)12-11-15-23-19(24)17(2)20(3,4)5;1-11-12-14-18(24-25(9,10)21(6,7)8)15-13-16-22-19(23)17(2)20(3,4)5;1-15(2)17(4)19(23)22-14-10-11-18(13-12-16(3)21)24-25(8,9)20(5,6)7/h8-13,15,17,19,22H,14,16,18H2,1-7H3,(H,26,27);11,13,15,17-18H,12,14H2,1-10H3,(H,23,24);11-13,16-18H,14-15H2,1-10H3,(H,22,23);10,12,14-15,17-18H,11,13H2,1-9H3,(H,22,23)/b17-11-,20-15+;15-11-,16-13+;12-11-,16-13-;14-10-,16-12+/t19-,22+;17-,18-;2*17-,18+/m0110/s1. The van der Waals surface area contributed by atoms with Crippen LogP contribution in [0.25, 0.3) is 0 Å². The van der Waals surface area contributed by atoms with Crippen molar-refractivity contribution in [3.8, 4) is 0 Å². The lowest BCUT2D eigenvalue weighted by molar-refractivity contribution is -0.127. The van der Waals surface area contributed by atoms with Gasteiger partial charge in [0.1, 0.15) is 0 Å². The van der Waals surface area contributed by atoms with Crippen LogP contribution in [0.4, 0.5) is 0 Å². The van der Waals surface area contributed by atoms with Gasteiger partial charge in [0, 0.05) is 38.8 Å². The summed E-state index contributed by atoms with van der Waals surface area (Å²) in [5.74, 6) is 0.390. The summed E-state index contributed by atoms with van der Waals surface area (Å²) in [7, 11) is -7.38. The molecule has 0 saturated heterocycles. The third kappa shape index (κ3) is 47.4. The molecule has 4 N–H and O–H groups in total. The van der Waals surface area contributed by atoms with Crippen molar-refractivity contribution in [2.24, 2.45) is 40.4 Å². The Balaban J connectivity index is -0.00000132. The first-order valence-electron chi connectivity index (χ1n) is 38.6. The summed E-state index contributed by atoms with van der Waals surface area (Å²) in [5.41, 5.74) is 1.09. The van der Waals surface area contributed by atoms with Crippen LogP contribution < -0.4 is 21.3 Å². The number of carbonyl (C=O) groups excluding carboxylic acids is 4. The number of nitrogens with one attached hydrogen (secondary N) is 4. The van der Waals surface area contributed by atoms with Crippen LogP contribution in [0.3, 0.4) is 0 Å². The largest absolute Gasteiger partial charge is 0.413 e. The van der Waals surface area contributed by atoms with Crippen molar-refractivity contribution in [1.82, 2.24) is 21.3 Å². The highest BCUT2D eigenvalue weighted by molar-refractivity contribution is 6.75. The highest BCUT2D eigenvalue weighted by atomic mass is 35.5. The molecule has 8 atom stereocenters. The lowest BCUT2D eigenvalue weighted by Crippen LogP contribution is -2.43. The van der Waals surface area contributed by atoms with Gasteiger partial charge in [0.2, 0.25) is 23.6 Å². The zero-order valence-electron chi connectivity index (χ0n) is 73.4. The Morgan fingerprint density at radius 3 is 0.876 bits per heavy atom. The molecule has 0 aromatic heterocycles. The molecule has 1 aromatic rings. The summed E-state index contributed by atoms with van der Waals surface area (Å²) < 4.78 is 26.1. The predicted octanol–water partition coefficient (Wildman–Crippen LogP) is 25.7. The molecule has 0 radical (unpaired) electrons. The molecule has 1 aromatic carbocycles. The first-order valence-corrected chi connectivity index (χ1v) is 51.4. The fraction of sp³-hybridized carbons (Fsp3) is 0.698. The molecule has 0 heterocycles. The Morgan fingerprint density at radius 2 is 0.638 bits per heavy atom. The maximum Gasteiger partial charge on any atom is 0.227 e. The van der Waals surface area contributed by atoms with Gasteiger partial charge in [-0.1, -0.05) is 286 Å². The molecular weight excluding hydrogens is 1440 g/mol. The van der Waals surface area contributed by atoms with Gasteiger partial charge in [-0.3, -0.25) is 19.2 Å². The van der Waals surface area contributed by atoms with Gasteiger partial charge in [0.15, 0.2) is 33.3 Å². The lowest BCUT2D eigenvalue weighted by atomic mass is 9.81. The van der Waals surface area contributed by atoms with Crippen molar-refractivity contribution in [3.05, 3.63) is 130 Å². The van der Waals surface area contributed by atoms with Crippen molar-refractivity contribution in [3.63, 3.8) is 0 Å². The van der Waals surface area contributed by atoms with Crippen LogP contribution in [0.2, 0.25) is 72.5 Å². The van der Waals surface area contributed by atoms with E-state index in [1.807, 2.05) is 116 Å². The third-order valence-electron chi connectivity index (χ3n) is 21.3. The Morgan fingerprint density at radius 1 is 0.390 bits per heavy atom. The minimum absolute atomic E-state index is 0.00533. The number of hydrogen-bond donors (Lipinski definition) is 4. The third-order valence-corrected chi connectivity index (χ3v) is 39.9. The minimum Gasteiger partial charge on any atom is -0.413 e. The SMILES string of the molecule is C/C(Cl)=C\C[C@@H](C/C=C\NC(=O)[C@@H](C)C(C)(C)C)O[Si](C)(C)C(C)(C)C.C/C(Cl)=C\C[C@@H](C/C=C\NC(=O)[C@@H](C)C(C)C)O[Si](C)(C)C(C)(C)C.C/C(Cl)=C\C[C@@H](C/C=C\NC(=O)[C@@H](C)Cc1ccccc1)O[Si](C)(C)C(C)(C)C.C/C=C\C[C@@H](C/C=C\NC(=O)[C@@H](C)C(C)(C)C)O[Si](C)(C)C(C)(C)C. The van der Waals surface area contributed by atoms with E-state index in [0.29, 0.717) is 5.92 Å². The molecule has 19 heteroatoms. The smallest absolute Gasteiger partial charge is 0.227 e. The maximum atomic E-state index is 12.4. The van der Waals surface area contributed by atoms with Gasteiger partial charge >= 0.3 is 0 Å². The number of carbonyl (C=O) groups is 4. The number of rotatable bonds is 35. The summed E-state index contributed by atoms with van der Waals surface area (Å²) in [6.07, 6.45) is 32.6. The average molecular weight is 1590 g/mol. The average Bonchev–Trinajstić information content (AvgIpc) is 0.846. The Kier molecular flexibility index (Phi) is 49.4.